The van der Waals surface area contributed by atoms with E-state index in [0.29, 0.717) is 6.54 Å². The van der Waals surface area contributed by atoms with Gasteiger partial charge in [0.1, 0.15) is 5.82 Å². The Kier molecular flexibility index (Phi) is 4.65. The molecule has 0 saturated carbocycles. The zero-order valence-corrected chi connectivity index (χ0v) is 11.9. The first kappa shape index (κ1) is 14.8. The Morgan fingerprint density at radius 2 is 2.00 bits per heavy atom. The third kappa shape index (κ3) is 3.50. The number of hydrogen-bond acceptors (Lipinski definition) is 3. The largest absolute Gasteiger partial charge is 0.481 e. The molecule has 1 aliphatic rings. The van der Waals surface area contributed by atoms with E-state index < -0.39 is 11.9 Å². The van der Waals surface area contributed by atoms with Gasteiger partial charge < -0.3 is 10.0 Å². The van der Waals surface area contributed by atoms with E-state index in [-0.39, 0.29) is 29.9 Å². The third-order valence-corrected chi connectivity index (χ3v) is 4.45. The van der Waals surface area contributed by atoms with Crippen molar-refractivity contribution in [3.05, 3.63) is 30.1 Å². The quantitative estimate of drug-likeness (QED) is 0.865. The molecule has 108 valence electrons. The van der Waals surface area contributed by atoms with E-state index >= 15 is 0 Å². The average Bonchev–Trinajstić information content (AvgIpc) is 2.80. The first-order valence-electron chi connectivity index (χ1n) is 6.36. The van der Waals surface area contributed by atoms with Crippen molar-refractivity contribution in [1.29, 1.82) is 0 Å². The SMILES string of the molecule is CC1CN(C(=O)CSc2ccc(F)cc2)CC1C(=O)O. The Balaban J connectivity index is 1.87. The summed E-state index contributed by atoms with van der Waals surface area (Å²) in [4.78, 5) is 25.5. The van der Waals surface area contributed by atoms with Crippen LogP contribution in [0.2, 0.25) is 0 Å². The van der Waals surface area contributed by atoms with Crippen LogP contribution in [0.25, 0.3) is 0 Å². The van der Waals surface area contributed by atoms with Crippen molar-refractivity contribution < 1.29 is 19.1 Å². The van der Waals surface area contributed by atoms with Gasteiger partial charge in [-0.05, 0) is 30.2 Å². The number of thioether (sulfide) groups is 1. The zero-order valence-electron chi connectivity index (χ0n) is 11.1. The number of nitrogens with zero attached hydrogens (tertiary/aromatic N) is 1. The van der Waals surface area contributed by atoms with E-state index in [0.717, 1.165) is 4.90 Å². The van der Waals surface area contributed by atoms with E-state index in [4.69, 9.17) is 5.11 Å². The van der Waals surface area contributed by atoms with Gasteiger partial charge in [-0.15, -0.1) is 11.8 Å². The van der Waals surface area contributed by atoms with Crippen LogP contribution in [0.3, 0.4) is 0 Å². The molecule has 1 fully saturated rings. The normalized spacial score (nSPS) is 22.0. The van der Waals surface area contributed by atoms with Crippen molar-refractivity contribution in [2.45, 2.75) is 11.8 Å². The standard InChI is InChI=1S/C14H16FNO3S/c1-9-6-16(7-12(9)14(18)19)13(17)8-20-11-4-2-10(15)3-5-11/h2-5,9,12H,6-8H2,1H3,(H,18,19). The molecule has 1 amide bonds. The van der Waals surface area contributed by atoms with E-state index in [1.165, 1.54) is 23.9 Å². The van der Waals surface area contributed by atoms with E-state index in [2.05, 4.69) is 0 Å². The van der Waals surface area contributed by atoms with Gasteiger partial charge in [-0.2, -0.15) is 0 Å². The van der Waals surface area contributed by atoms with Gasteiger partial charge in [-0.3, -0.25) is 9.59 Å². The summed E-state index contributed by atoms with van der Waals surface area (Å²) in [5, 5.41) is 9.04. The molecule has 20 heavy (non-hydrogen) atoms. The highest BCUT2D eigenvalue weighted by Crippen LogP contribution is 2.25. The molecule has 1 aliphatic heterocycles. The number of carbonyl (C=O) groups excluding carboxylic acids is 1. The first-order valence-corrected chi connectivity index (χ1v) is 7.35. The molecule has 1 aromatic carbocycles. The monoisotopic (exact) mass is 297 g/mol. The summed E-state index contributed by atoms with van der Waals surface area (Å²) in [6.07, 6.45) is 0. The van der Waals surface area contributed by atoms with Crippen molar-refractivity contribution >= 4 is 23.6 Å². The minimum Gasteiger partial charge on any atom is -0.481 e. The number of halogens is 1. The molecule has 6 heteroatoms. The van der Waals surface area contributed by atoms with Gasteiger partial charge in [0.25, 0.3) is 0 Å². The Labute approximate surface area is 121 Å². The minimum atomic E-state index is -0.848. The molecule has 0 bridgehead atoms. The zero-order chi connectivity index (χ0) is 14.7. The molecule has 1 aromatic rings. The molecule has 2 rings (SSSR count). The first-order chi connectivity index (χ1) is 9.47. The molecular formula is C14H16FNO3S. The van der Waals surface area contributed by atoms with Gasteiger partial charge in [0.15, 0.2) is 0 Å². The molecule has 0 spiro atoms. The summed E-state index contributed by atoms with van der Waals surface area (Å²) in [7, 11) is 0. The lowest BCUT2D eigenvalue weighted by Gasteiger charge is -2.15. The molecule has 2 atom stereocenters. The van der Waals surface area contributed by atoms with Crippen LogP contribution >= 0.6 is 11.8 Å². The topological polar surface area (TPSA) is 57.6 Å². The van der Waals surface area contributed by atoms with E-state index in [9.17, 15) is 14.0 Å². The van der Waals surface area contributed by atoms with Crippen LogP contribution in [0, 0.1) is 17.7 Å². The molecule has 1 N–H and O–H groups in total. The minimum absolute atomic E-state index is 0.0210. The summed E-state index contributed by atoms with van der Waals surface area (Å²) >= 11 is 1.33. The van der Waals surface area contributed by atoms with Gasteiger partial charge in [0, 0.05) is 18.0 Å². The number of amides is 1. The number of carbonyl (C=O) groups is 2. The molecule has 1 heterocycles. The number of likely N-dealkylation sites (tertiary alicyclic amines) is 1. The van der Waals surface area contributed by atoms with Crippen molar-refractivity contribution in [3.8, 4) is 0 Å². The van der Waals surface area contributed by atoms with Crippen molar-refractivity contribution in [3.63, 3.8) is 0 Å². The molecule has 4 nitrogen and oxygen atoms in total. The van der Waals surface area contributed by atoms with Gasteiger partial charge in [-0.25, -0.2) is 4.39 Å². The lowest BCUT2D eigenvalue weighted by atomic mass is 9.99. The summed E-state index contributed by atoms with van der Waals surface area (Å²) in [6.45, 7) is 2.61. The maximum absolute atomic E-state index is 12.8. The van der Waals surface area contributed by atoms with Crippen LogP contribution in [0.1, 0.15) is 6.92 Å². The summed E-state index contributed by atoms with van der Waals surface area (Å²) in [6, 6.07) is 5.95. The predicted molar refractivity (Wildman–Crippen MR) is 74.0 cm³/mol. The van der Waals surface area contributed by atoms with E-state index in [1.807, 2.05) is 6.92 Å². The van der Waals surface area contributed by atoms with Gasteiger partial charge in [0.2, 0.25) is 5.91 Å². The molecule has 0 radical (unpaired) electrons. The van der Waals surface area contributed by atoms with Gasteiger partial charge in [0.05, 0.1) is 11.7 Å². The van der Waals surface area contributed by atoms with Gasteiger partial charge in [-0.1, -0.05) is 6.92 Å². The highest BCUT2D eigenvalue weighted by molar-refractivity contribution is 8.00. The lowest BCUT2D eigenvalue weighted by molar-refractivity contribution is -0.142. The fourth-order valence-corrected chi connectivity index (χ4v) is 3.06. The summed E-state index contributed by atoms with van der Waals surface area (Å²) in [5.41, 5.74) is 0. The lowest BCUT2D eigenvalue weighted by Crippen LogP contribution is -2.31. The second kappa shape index (κ2) is 6.26. The van der Waals surface area contributed by atoms with Crippen molar-refractivity contribution in [2.24, 2.45) is 11.8 Å². The smallest absolute Gasteiger partial charge is 0.308 e. The second-order valence-electron chi connectivity index (χ2n) is 4.96. The predicted octanol–water partition coefficient (Wildman–Crippen LogP) is 2.10. The molecular weight excluding hydrogens is 281 g/mol. The molecule has 0 aromatic heterocycles. The van der Waals surface area contributed by atoms with Crippen LogP contribution in [-0.2, 0) is 9.59 Å². The molecule has 1 saturated heterocycles. The Bertz CT molecular complexity index is 506. The number of rotatable bonds is 4. The van der Waals surface area contributed by atoms with Crippen LogP contribution in [0.15, 0.2) is 29.2 Å². The highest BCUT2D eigenvalue weighted by atomic mass is 32.2. The van der Waals surface area contributed by atoms with E-state index in [1.54, 1.807) is 17.0 Å². The number of hydrogen-bond donors (Lipinski definition) is 1. The average molecular weight is 297 g/mol. The third-order valence-electron chi connectivity index (χ3n) is 3.46. The maximum atomic E-state index is 12.8. The van der Waals surface area contributed by atoms with Crippen molar-refractivity contribution in [2.75, 3.05) is 18.8 Å². The Hall–Kier alpha value is -1.56. The Morgan fingerprint density at radius 3 is 2.55 bits per heavy atom. The summed E-state index contributed by atoms with van der Waals surface area (Å²) in [5.74, 6) is -1.49. The maximum Gasteiger partial charge on any atom is 0.308 e. The fraction of sp³-hybridized carbons (Fsp3) is 0.429. The molecule has 2 unspecified atom stereocenters. The second-order valence-corrected chi connectivity index (χ2v) is 6.01. The highest BCUT2D eigenvalue weighted by Gasteiger charge is 2.36. The number of benzene rings is 1. The number of aliphatic carboxylic acids is 1. The van der Waals surface area contributed by atoms with Crippen LogP contribution < -0.4 is 0 Å². The summed E-state index contributed by atoms with van der Waals surface area (Å²) < 4.78 is 12.8. The number of carboxylic acid groups (broad SMARTS) is 1. The Morgan fingerprint density at radius 1 is 1.35 bits per heavy atom. The van der Waals surface area contributed by atoms with Crippen molar-refractivity contribution in [1.82, 2.24) is 4.90 Å². The number of carboxylic acids is 1. The molecule has 0 aliphatic carbocycles. The fourth-order valence-electron chi connectivity index (χ4n) is 2.26. The van der Waals surface area contributed by atoms with Gasteiger partial charge >= 0.3 is 5.97 Å². The van der Waals surface area contributed by atoms with Crippen LogP contribution in [0.5, 0.6) is 0 Å². The van der Waals surface area contributed by atoms with Crippen LogP contribution in [-0.4, -0.2) is 40.7 Å². The van der Waals surface area contributed by atoms with Crippen LogP contribution in [0.4, 0.5) is 4.39 Å².